The highest BCUT2D eigenvalue weighted by Crippen LogP contribution is 2.14. The van der Waals surface area contributed by atoms with Crippen LogP contribution >= 0.6 is 0 Å². The molecule has 0 bridgehead atoms. The third-order valence-electron chi connectivity index (χ3n) is 2.14. The molecular weight excluding hydrogens is 176 g/mol. The Hall–Kier alpha value is -1.90. The van der Waals surface area contributed by atoms with Crippen molar-refractivity contribution in [3.05, 3.63) is 48.0 Å². The first-order chi connectivity index (χ1) is 6.81. The highest BCUT2D eigenvalue weighted by molar-refractivity contribution is 5.75. The fourth-order valence-electron chi connectivity index (χ4n) is 1.44. The Labute approximate surface area is 82.0 Å². The molecule has 14 heavy (non-hydrogen) atoms. The van der Waals surface area contributed by atoms with E-state index in [0.717, 1.165) is 17.5 Å². The van der Waals surface area contributed by atoms with Crippen molar-refractivity contribution in [2.24, 2.45) is 0 Å². The summed E-state index contributed by atoms with van der Waals surface area (Å²) in [6, 6.07) is 5.58. The number of carbonyl (C=O) groups is 1. The van der Waals surface area contributed by atoms with Gasteiger partial charge in [-0.05, 0) is 30.7 Å². The first kappa shape index (κ1) is 8.69. The van der Waals surface area contributed by atoms with E-state index in [2.05, 4.69) is 4.98 Å². The molecule has 3 nitrogen and oxygen atoms in total. The molecule has 0 aliphatic carbocycles. The van der Waals surface area contributed by atoms with Gasteiger partial charge in [-0.2, -0.15) is 0 Å². The molecule has 0 unspecified atom stereocenters. The molecule has 1 aromatic carbocycles. The van der Waals surface area contributed by atoms with Gasteiger partial charge in [0.05, 0.1) is 6.33 Å². The van der Waals surface area contributed by atoms with Crippen LogP contribution in [-0.4, -0.2) is 15.8 Å². The molecule has 0 saturated carbocycles. The van der Waals surface area contributed by atoms with Crippen LogP contribution in [0.2, 0.25) is 0 Å². The summed E-state index contributed by atoms with van der Waals surface area (Å²) in [5, 5.41) is 0. The topological polar surface area (TPSA) is 34.9 Å². The molecule has 0 amide bonds. The quantitative estimate of drug-likeness (QED) is 0.672. The molecule has 0 radical (unpaired) electrons. The summed E-state index contributed by atoms with van der Waals surface area (Å²) >= 11 is 0. The number of nitrogens with zero attached hydrogens (tertiary/aromatic N) is 2. The Kier molecular flexibility index (Phi) is 2.14. The molecule has 2 rings (SSSR count). The van der Waals surface area contributed by atoms with Crippen molar-refractivity contribution >= 4 is 6.29 Å². The van der Waals surface area contributed by atoms with E-state index in [1.54, 1.807) is 18.6 Å². The molecule has 1 heterocycles. The lowest BCUT2D eigenvalue weighted by atomic mass is 10.1. The monoisotopic (exact) mass is 186 g/mol. The Balaban J connectivity index is 2.51. The second-order valence-electron chi connectivity index (χ2n) is 3.13. The van der Waals surface area contributed by atoms with Crippen molar-refractivity contribution in [3.8, 4) is 5.69 Å². The molecule has 0 aliphatic heterocycles. The van der Waals surface area contributed by atoms with Crippen molar-refractivity contribution in [1.29, 1.82) is 0 Å². The van der Waals surface area contributed by atoms with Crippen LogP contribution in [0.1, 0.15) is 15.9 Å². The SMILES string of the molecule is Cc1cc(C=O)ccc1-n1ccnc1. The zero-order chi connectivity index (χ0) is 9.97. The summed E-state index contributed by atoms with van der Waals surface area (Å²) in [5.41, 5.74) is 2.81. The number of imidazole rings is 1. The second kappa shape index (κ2) is 3.46. The van der Waals surface area contributed by atoms with E-state index in [-0.39, 0.29) is 0 Å². The molecule has 0 N–H and O–H groups in total. The highest BCUT2D eigenvalue weighted by atomic mass is 16.1. The number of aldehydes is 1. The number of carbonyl (C=O) groups excluding carboxylic acids is 1. The molecule has 3 heteroatoms. The zero-order valence-corrected chi connectivity index (χ0v) is 7.84. The van der Waals surface area contributed by atoms with Crippen LogP contribution in [0.5, 0.6) is 0 Å². The minimum absolute atomic E-state index is 0.700. The number of benzene rings is 1. The van der Waals surface area contributed by atoms with E-state index in [1.165, 1.54) is 0 Å². The van der Waals surface area contributed by atoms with Crippen LogP contribution in [0.3, 0.4) is 0 Å². The predicted molar refractivity (Wildman–Crippen MR) is 53.7 cm³/mol. The van der Waals surface area contributed by atoms with Gasteiger partial charge in [-0.15, -0.1) is 0 Å². The smallest absolute Gasteiger partial charge is 0.150 e. The fraction of sp³-hybridized carbons (Fsp3) is 0.0909. The average Bonchev–Trinajstić information content (AvgIpc) is 2.70. The van der Waals surface area contributed by atoms with E-state index in [4.69, 9.17) is 0 Å². The highest BCUT2D eigenvalue weighted by Gasteiger charge is 2.00. The normalized spacial score (nSPS) is 10.1. The van der Waals surface area contributed by atoms with Gasteiger partial charge in [0, 0.05) is 23.6 Å². The van der Waals surface area contributed by atoms with Gasteiger partial charge in [-0.3, -0.25) is 4.79 Å². The number of aromatic nitrogens is 2. The van der Waals surface area contributed by atoms with Gasteiger partial charge in [0.15, 0.2) is 0 Å². The number of aryl methyl sites for hydroxylation is 1. The summed E-state index contributed by atoms with van der Waals surface area (Å²) in [5.74, 6) is 0. The summed E-state index contributed by atoms with van der Waals surface area (Å²) < 4.78 is 1.92. The fourth-order valence-corrected chi connectivity index (χ4v) is 1.44. The van der Waals surface area contributed by atoms with Gasteiger partial charge < -0.3 is 4.57 Å². The van der Waals surface area contributed by atoms with Crippen LogP contribution in [0.15, 0.2) is 36.9 Å². The third kappa shape index (κ3) is 1.44. The van der Waals surface area contributed by atoms with E-state index in [0.29, 0.717) is 5.56 Å². The number of hydrogen-bond donors (Lipinski definition) is 0. The second-order valence-corrected chi connectivity index (χ2v) is 3.13. The van der Waals surface area contributed by atoms with Gasteiger partial charge in [0.1, 0.15) is 6.29 Å². The zero-order valence-electron chi connectivity index (χ0n) is 7.84. The standard InChI is InChI=1S/C11H10N2O/c1-9-6-10(7-14)2-3-11(9)13-5-4-12-8-13/h2-8H,1H3. The van der Waals surface area contributed by atoms with Gasteiger partial charge >= 0.3 is 0 Å². The van der Waals surface area contributed by atoms with Crippen LogP contribution < -0.4 is 0 Å². The number of hydrogen-bond acceptors (Lipinski definition) is 2. The Bertz CT molecular complexity index is 446. The number of rotatable bonds is 2. The molecule has 0 aliphatic rings. The van der Waals surface area contributed by atoms with Crippen LogP contribution in [0.25, 0.3) is 5.69 Å². The van der Waals surface area contributed by atoms with E-state index >= 15 is 0 Å². The Morgan fingerprint density at radius 2 is 2.29 bits per heavy atom. The molecule has 70 valence electrons. The molecule has 0 saturated heterocycles. The van der Waals surface area contributed by atoms with Crippen molar-refractivity contribution in [2.75, 3.05) is 0 Å². The summed E-state index contributed by atoms with van der Waals surface area (Å²) in [6.07, 6.45) is 6.20. The van der Waals surface area contributed by atoms with Gasteiger partial charge in [-0.25, -0.2) is 4.98 Å². The van der Waals surface area contributed by atoms with Gasteiger partial charge in [0.2, 0.25) is 0 Å². The lowest BCUT2D eigenvalue weighted by Crippen LogP contribution is -1.94. The van der Waals surface area contributed by atoms with Crippen molar-refractivity contribution in [1.82, 2.24) is 9.55 Å². The largest absolute Gasteiger partial charge is 0.306 e. The Morgan fingerprint density at radius 1 is 1.43 bits per heavy atom. The molecule has 2 aromatic rings. The van der Waals surface area contributed by atoms with E-state index < -0.39 is 0 Å². The maximum atomic E-state index is 10.5. The summed E-state index contributed by atoms with van der Waals surface area (Å²) in [7, 11) is 0. The lowest BCUT2D eigenvalue weighted by molar-refractivity contribution is 0.112. The minimum Gasteiger partial charge on any atom is -0.306 e. The first-order valence-corrected chi connectivity index (χ1v) is 4.35. The minimum atomic E-state index is 0.700. The molecule has 0 spiro atoms. The van der Waals surface area contributed by atoms with Crippen LogP contribution in [0.4, 0.5) is 0 Å². The summed E-state index contributed by atoms with van der Waals surface area (Å²) in [4.78, 5) is 14.5. The first-order valence-electron chi connectivity index (χ1n) is 4.35. The van der Waals surface area contributed by atoms with E-state index in [1.807, 2.05) is 29.8 Å². The van der Waals surface area contributed by atoms with E-state index in [9.17, 15) is 4.79 Å². The van der Waals surface area contributed by atoms with Crippen LogP contribution in [-0.2, 0) is 0 Å². The van der Waals surface area contributed by atoms with Gasteiger partial charge in [0.25, 0.3) is 0 Å². The molecule has 1 aromatic heterocycles. The maximum absolute atomic E-state index is 10.5. The van der Waals surface area contributed by atoms with Crippen LogP contribution in [0, 0.1) is 6.92 Å². The maximum Gasteiger partial charge on any atom is 0.150 e. The molecular formula is C11H10N2O. The lowest BCUT2D eigenvalue weighted by Gasteiger charge is -2.06. The van der Waals surface area contributed by atoms with Crippen molar-refractivity contribution < 1.29 is 4.79 Å². The molecule has 0 atom stereocenters. The Morgan fingerprint density at radius 3 is 2.86 bits per heavy atom. The summed E-state index contributed by atoms with van der Waals surface area (Å²) in [6.45, 7) is 1.97. The van der Waals surface area contributed by atoms with Crippen molar-refractivity contribution in [2.45, 2.75) is 6.92 Å². The average molecular weight is 186 g/mol. The molecule has 0 fully saturated rings. The predicted octanol–water partition coefficient (Wildman–Crippen LogP) is 1.99. The third-order valence-corrected chi connectivity index (χ3v) is 2.14. The van der Waals surface area contributed by atoms with Gasteiger partial charge in [-0.1, -0.05) is 0 Å². The van der Waals surface area contributed by atoms with Crippen molar-refractivity contribution in [3.63, 3.8) is 0 Å².